The second-order valence-electron chi connectivity index (χ2n) is 9.11. The number of hydrogen-bond acceptors (Lipinski definition) is 3. The van der Waals surface area contributed by atoms with Crippen LogP contribution >= 0.6 is 0 Å². The van der Waals surface area contributed by atoms with Gasteiger partial charge in [-0.05, 0) is 56.0 Å². The van der Waals surface area contributed by atoms with Crippen molar-refractivity contribution in [2.24, 2.45) is 0 Å². The number of benzene rings is 2. The smallest absolute Gasteiger partial charge is 0.253 e. The molecule has 1 saturated heterocycles. The number of nitrogens with zero attached hydrogens (tertiary/aromatic N) is 3. The Balaban J connectivity index is 1.33. The summed E-state index contributed by atoms with van der Waals surface area (Å²) in [7, 11) is 0. The SMILES string of the molecule is CC(C)N1CCN(C(=O)c2cccc(CN3C(=O)C4(CC4)c4ccccc43)c2)CC1. The number of rotatable bonds is 4. The van der Waals surface area contributed by atoms with E-state index < -0.39 is 0 Å². The van der Waals surface area contributed by atoms with Gasteiger partial charge in [0.25, 0.3) is 5.91 Å². The van der Waals surface area contributed by atoms with Crippen molar-refractivity contribution in [2.75, 3.05) is 31.1 Å². The van der Waals surface area contributed by atoms with Crippen LogP contribution < -0.4 is 4.90 Å². The maximum atomic E-state index is 13.1. The van der Waals surface area contributed by atoms with E-state index in [9.17, 15) is 9.59 Å². The van der Waals surface area contributed by atoms with Gasteiger partial charge in [0.1, 0.15) is 0 Å². The minimum absolute atomic E-state index is 0.0899. The van der Waals surface area contributed by atoms with E-state index in [0.29, 0.717) is 18.2 Å². The van der Waals surface area contributed by atoms with Gasteiger partial charge >= 0.3 is 0 Å². The fourth-order valence-electron chi connectivity index (χ4n) is 4.97. The highest BCUT2D eigenvalue weighted by atomic mass is 16.2. The Morgan fingerprint density at radius 1 is 1.00 bits per heavy atom. The zero-order valence-electron chi connectivity index (χ0n) is 17.8. The Kier molecular flexibility index (Phi) is 4.66. The molecule has 1 saturated carbocycles. The van der Waals surface area contributed by atoms with Crippen LogP contribution in [0.2, 0.25) is 0 Å². The molecule has 2 aliphatic heterocycles. The summed E-state index contributed by atoms with van der Waals surface area (Å²) in [5, 5.41) is 0. The molecule has 2 heterocycles. The number of para-hydroxylation sites is 1. The fraction of sp³-hybridized carbons (Fsp3) is 0.440. The first-order valence-corrected chi connectivity index (χ1v) is 11.0. The number of amides is 2. The van der Waals surface area contributed by atoms with Crippen LogP contribution in [0.4, 0.5) is 5.69 Å². The highest BCUT2D eigenvalue weighted by Gasteiger charge is 2.58. The van der Waals surface area contributed by atoms with Gasteiger partial charge in [-0.1, -0.05) is 30.3 Å². The average Bonchev–Trinajstić information content (AvgIpc) is 3.55. The lowest BCUT2D eigenvalue weighted by molar-refractivity contribution is -0.120. The van der Waals surface area contributed by atoms with E-state index in [1.54, 1.807) is 0 Å². The first-order chi connectivity index (χ1) is 14.5. The molecule has 30 heavy (non-hydrogen) atoms. The molecule has 5 nitrogen and oxygen atoms in total. The minimum atomic E-state index is -0.278. The lowest BCUT2D eigenvalue weighted by Crippen LogP contribution is -2.50. The van der Waals surface area contributed by atoms with E-state index in [-0.39, 0.29) is 17.2 Å². The summed E-state index contributed by atoms with van der Waals surface area (Å²) < 4.78 is 0. The molecule has 3 aliphatic rings. The number of anilines is 1. The van der Waals surface area contributed by atoms with Crippen LogP contribution in [0.3, 0.4) is 0 Å². The van der Waals surface area contributed by atoms with Crippen LogP contribution in [0.5, 0.6) is 0 Å². The van der Waals surface area contributed by atoms with E-state index in [1.165, 1.54) is 5.56 Å². The fourth-order valence-corrected chi connectivity index (χ4v) is 4.97. The molecule has 0 N–H and O–H groups in total. The molecular formula is C25H29N3O2. The quantitative estimate of drug-likeness (QED) is 0.786. The molecule has 2 aromatic carbocycles. The van der Waals surface area contributed by atoms with Crippen molar-refractivity contribution >= 4 is 17.5 Å². The topological polar surface area (TPSA) is 43.9 Å². The summed E-state index contributed by atoms with van der Waals surface area (Å²) in [6.07, 6.45) is 1.89. The maximum Gasteiger partial charge on any atom is 0.253 e. The van der Waals surface area contributed by atoms with Gasteiger partial charge in [0, 0.05) is 43.5 Å². The summed E-state index contributed by atoms with van der Waals surface area (Å²) in [5.41, 5.74) is 3.64. The molecule has 5 rings (SSSR count). The number of hydrogen-bond donors (Lipinski definition) is 0. The number of fused-ring (bicyclic) bond motifs is 2. The van der Waals surface area contributed by atoms with Crippen LogP contribution in [-0.4, -0.2) is 53.8 Å². The third-order valence-corrected chi connectivity index (χ3v) is 6.96. The van der Waals surface area contributed by atoms with E-state index in [2.05, 4.69) is 24.8 Å². The number of piperazine rings is 1. The largest absolute Gasteiger partial charge is 0.336 e. The van der Waals surface area contributed by atoms with Gasteiger partial charge < -0.3 is 9.80 Å². The molecule has 1 spiro atoms. The van der Waals surface area contributed by atoms with Crippen molar-refractivity contribution in [3.63, 3.8) is 0 Å². The Morgan fingerprint density at radius 2 is 1.73 bits per heavy atom. The Bertz CT molecular complexity index is 987. The van der Waals surface area contributed by atoms with Crippen LogP contribution in [0.15, 0.2) is 48.5 Å². The van der Waals surface area contributed by atoms with Crippen molar-refractivity contribution < 1.29 is 9.59 Å². The third-order valence-electron chi connectivity index (χ3n) is 6.96. The van der Waals surface area contributed by atoms with E-state index in [4.69, 9.17) is 0 Å². The van der Waals surface area contributed by atoms with Crippen LogP contribution in [-0.2, 0) is 16.8 Å². The molecule has 0 aromatic heterocycles. The van der Waals surface area contributed by atoms with Gasteiger partial charge in [0.2, 0.25) is 5.91 Å². The number of carbonyl (C=O) groups excluding carboxylic acids is 2. The molecule has 0 unspecified atom stereocenters. The van der Waals surface area contributed by atoms with Gasteiger partial charge in [-0.3, -0.25) is 14.5 Å². The first-order valence-electron chi connectivity index (χ1n) is 11.0. The molecule has 156 valence electrons. The summed E-state index contributed by atoms with van der Waals surface area (Å²) >= 11 is 0. The highest BCUT2D eigenvalue weighted by Crippen LogP contribution is 2.57. The van der Waals surface area contributed by atoms with Gasteiger partial charge in [0.15, 0.2) is 0 Å². The van der Waals surface area contributed by atoms with Crippen molar-refractivity contribution in [3.05, 3.63) is 65.2 Å². The Hall–Kier alpha value is -2.66. The third kappa shape index (κ3) is 3.12. The molecule has 2 aromatic rings. The Morgan fingerprint density at radius 3 is 2.43 bits per heavy atom. The van der Waals surface area contributed by atoms with Gasteiger partial charge in [-0.2, -0.15) is 0 Å². The zero-order chi connectivity index (χ0) is 20.9. The maximum absolute atomic E-state index is 13.1. The highest BCUT2D eigenvalue weighted by molar-refractivity contribution is 6.10. The summed E-state index contributed by atoms with van der Waals surface area (Å²) in [6, 6.07) is 16.5. The molecule has 2 amide bonds. The van der Waals surface area contributed by atoms with Crippen LogP contribution in [0, 0.1) is 0 Å². The monoisotopic (exact) mass is 403 g/mol. The van der Waals surface area contributed by atoms with Crippen molar-refractivity contribution in [1.29, 1.82) is 0 Å². The zero-order valence-corrected chi connectivity index (χ0v) is 17.8. The standard InChI is InChI=1S/C25H29N3O2/c1-18(2)26-12-14-27(15-13-26)23(29)20-7-5-6-19(16-20)17-28-22-9-4-3-8-21(22)25(10-11-25)24(28)30/h3-9,16,18H,10-15,17H2,1-2H3. The van der Waals surface area contributed by atoms with Crippen molar-refractivity contribution in [3.8, 4) is 0 Å². The van der Waals surface area contributed by atoms with E-state index >= 15 is 0 Å². The Labute approximate surface area is 178 Å². The molecule has 1 aliphatic carbocycles. The van der Waals surface area contributed by atoms with Crippen LogP contribution in [0.1, 0.15) is 48.2 Å². The van der Waals surface area contributed by atoms with Gasteiger partial charge in [-0.25, -0.2) is 0 Å². The lowest BCUT2D eigenvalue weighted by atomic mass is 9.98. The van der Waals surface area contributed by atoms with Crippen molar-refractivity contribution in [2.45, 2.75) is 44.7 Å². The second kappa shape index (κ2) is 7.24. The van der Waals surface area contributed by atoms with Crippen molar-refractivity contribution in [1.82, 2.24) is 9.80 Å². The molecular weight excluding hydrogens is 374 g/mol. The van der Waals surface area contributed by atoms with E-state index in [1.807, 2.05) is 52.3 Å². The summed E-state index contributed by atoms with van der Waals surface area (Å²) in [5.74, 6) is 0.303. The first kappa shape index (κ1) is 19.3. The molecule has 2 fully saturated rings. The average molecular weight is 404 g/mol. The number of carbonyl (C=O) groups is 2. The predicted octanol–water partition coefficient (Wildman–Crippen LogP) is 3.43. The molecule has 0 radical (unpaired) electrons. The normalized spacial score (nSPS) is 20.2. The molecule has 0 atom stereocenters. The lowest BCUT2D eigenvalue weighted by Gasteiger charge is -2.37. The minimum Gasteiger partial charge on any atom is -0.336 e. The summed E-state index contributed by atoms with van der Waals surface area (Å²) in [4.78, 5) is 32.5. The van der Waals surface area contributed by atoms with Crippen LogP contribution in [0.25, 0.3) is 0 Å². The summed E-state index contributed by atoms with van der Waals surface area (Å²) in [6.45, 7) is 8.28. The molecule has 5 heteroatoms. The second-order valence-corrected chi connectivity index (χ2v) is 9.11. The van der Waals surface area contributed by atoms with E-state index in [0.717, 1.165) is 50.3 Å². The van der Waals surface area contributed by atoms with Gasteiger partial charge in [-0.15, -0.1) is 0 Å². The van der Waals surface area contributed by atoms with Gasteiger partial charge in [0.05, 0.1) is 12.0 Å². The molecule has 0 bridgehead atoms. The predicted molar refractivity (Wildman–Crippen MR) is 118 cm³/mol.